The van der Waals surface area contributed by atoms with Gasteiger partial charge < -0.3 is 20.5 Å². The number of anilines is 1. The van der Waals surface area contributed by atoms with Gasteiger partial charge in [-0.05, 0) is 22.3 Å². The van der Waals surface area contributed by atoms with E-state index in [1.807, 2.05) is 53.8 Å². The Balaban J connectivity index is 1.47. The molecular formula is C23H19F3N4O5. The number of nitrogens with zero attached hydrogens (tertiary/aromatic N) is 2. The van der Waals surface area contributed by atoms with Crippen molar-refractivity contribution < 1.29 is 37.4 Å². The average Bonchev–Trinajstić information content (AvgIpc) is 3.33. The molecule has 0 spiro atoms. The highest BCUT2D eigenvalue weighted by Crippen LogP contribution is 2.44. The molecule has 1 heterocycles. The maximum absolute atomic E-state index is 13.6. The Kier molecular flexibility index (Phi) is 6.20. The zero-order valence-electron chi connectivity index (χ0n) is 18.2. The van der Waals surface area contributed by atoms with E-state index in [1.165, 1.54) is 12.4 Å². The van der Waals surface area contributed by atoms with Gasteiger partial charge in [0.2, 0.25) is 6.04 Å². The number of carbonyl (C=O) groups excluding carboxylic acids is 2. The number of hydrogen-bond donors (Lipinski definition) is 3. The van der Waals surface area contributed by atoms with Crippen molar-refractivity contribution >= 4 is 23.8 Å². The summed E-state index contributed by atoms with van der Waals surface area (Å²) in [6, 6.07) is 11.9. The fraction of sp³-hybridized carbons (Fsp3) is 0.217. The summed E-state index contributed by atoms with van der Waals surface area (Å²) in [5.41, 5.74) is 3.10. The van der Waals surface area contributed by atoms with Gasteiger partial charge in [-0.1, -0.05) is 48.5 Å². The number of nitrogens with one attached hydrogen (secondary N) is 2. The van der Waals surface area contributed by atoms with E-state index < -0.39 is 41.6 Å². The molecule has 35 heavy (non-hydrogen) atoms. The van der Waals surface area contributed by atoms with Gasteiger partial charge in [0.1, 0.15) is 18.0 Å². The van der Waals surface area contributed by atoms with Gasteiger partial charge in [-0.2, -0.15) is 18.3 Å². The van der Waals surface area contributed by atoms with Gasteiger partial charge in [-0.25, -0.2) is 9.59 Å². The summed E-state index contributed by atoms with van der Waals surface area (Å²) in [6.07, 6.45) is -5.76. The van der Waals surface area contributed by atoms with Crippen LogP contribution in [0.1, 0.15) is 27.4 Å². The summed E-state index contributed by atoms with van der Waals surface area (Å²) < 4.78 is 46.7. The maximum Gasteiger partial charge on any atom is 0.417 e. The molecule has 0 aliphatic heterocycles. The quantitative estimate of drug-likeness (QED) is 0.488. The second-order valence-electron chi connectivity index (χ2n) is 7.77. The predicted octanol–water partition coefficient (Wildman–Crippen LogP) is 3.53. The number of aromatic carboxylic acids is 1. The van der Waals surface area contributed by atoms with Gasteiger partial charge in [0, 0.05) is 13.0 Å². The Morgan fingerprint density at radius 1 is 1.09 bits per heavy atom. The van der Waals surface area contributed by atoms with E-state index >= 15 is 0 Å². The van der Waals surface area contributed by atoms with E-state index in [9.17, 15) is 27.6 Å². The molecule has 0 bridgehead atoms. The van der Waals surface area contributed by atoms with Crippen molar-refractivity contribution in [1.29, 1.82) is 0 Å². The standard InChI is InChI=1S/C23H19F3N4O5/c1-30-19(16(10-27-30)21(32)33)29-20(31)18(23(24,25)26)28-22(34)35-11-17-14-8-4-2-6-12(14)13-7-3-5-9-15(13)17/h2-10,17-18H,11H2,1H3,(H,28,34)(H,29,31)(H,32,33). The lowest BCUT2D eigenvalue weighted by molar-refractivity contribution is -0.164. The summed E-state index contributed by atoms with van der Waals surface area (Å²) in [5.74, 6) is -4.05. The van der Waals surface area contributed by atoms with Crippen LogP contribution in [0.5, 0.6) is 0 Å². The first-order valence-electron chi connectivity index (χ1n) is 10.3. The van der Waals surface area contributed by atoms with Crippen molar-refractivity contribution in [2.75, 3.05) is 11.9 Å². The van der Waals surface area contributed by atoms with Crippen LogP contribution in [-0.4, -0.2) is 51.7 Å². The van der Waals surface area contributed by atoms with Crippen LogP contribution in [0.3, 0.4) is 0 Å². The summed E-state index contributed by atoms with van der Waals surface area (Å²) >= 11 is 0. The van der Waals surface area contributed by atoms with Crippen LogP contribution in [0.2, 0.25) is 0 Å². The zero-order chi connectivity index (χ0) is 25.3. The molecule has 1 aliphatic carbocycles. The summed E-state index contributed by atoms with van der Waals surface area (Å²) in [4.78, 5) is 35.9. The Labute approximate surface area is 196 Å². The topological polar surface area (TPSA) is 123 Å². The number of carboxylic acid groups (broad SMARTS) is 1. The molecule has 12 heteroatoms. The van der Waals surface area contributed by atoms with E-state index in [4.69, 9.17) is 9.84 Å². The minimum atomic E-state index is -5.18. The van der Waals surface area contributed by atoms with Crippen molar-refractivity contribution in [2.45, 2.75) is 18.1 Å². The molecule has 0 saturated heterocycles. The fourth-order valence-electron chi connectivity index (χ4n) is 3.99. The molecule has 9 nitrogen and oxygen atoms in total. The highest BCUT2D eigenvalue weighted by atomic mass is 19.4. The van der Waals surface area contributed by atoms with Gasteiger partial charge in [0.15, 0.2) is 0 Å². The van der Waals surface area contributed by atoms with E-state index in [1.54, 1.807) is 0 Å². The van der Waals surface area contributed by atoms with Gasteiger partial charge in [-0.3, -0.25) is 9.48 Å². The van der Waals surface area contributed by atoms with Crippen molar-refractivity contribution in [3.05, 3.63) is 71.4 Å². The number of rotatable bonds is 6. The SMILES string of the molecule is Cn1ncc(C(=O)O)c1NC(=O)C(NC(=O)OCC1c2ccccc2-c2ccccc21)C(F)(F)F. The van der Waals surface area contributed by atoms with Crippen LogP contribution >= 0.6 is 0 Å². The smallest absolute Gasteiger partial charge is 0.417 e. The first kappa shape index (κ1) is 23.8. The molecular weight excluding hydrogens is 469 g/mol. The molecule has 2 amide bonds. The van der Waals surface area contributed by atoms with Crippen LogP contribution in [0, 0.1) is 0 Å². The minimum Gasteiger partial charge on any atom is -0.477 e. The first-order chi connectivity index (χ1) is 16.6. The summed E-state index contributed by atoms with van der Waals surface area (Å²) in [7, 11) is 1.24. The average molecular weight is 488 g/mol. The number of ether oxygens (including phenoxy) is 1. The third-order valence-electron chi connectivity index (χ3n) is 5.61. The van der Waals surface area contributed by atoms with Gasteiger partial charge >= 0.3 is 18.2 Å². The number of carbonyl (C=O) groups is 3. The van der Waals surface area contributed by atoms with E-state index in [-0.39, 0.29) is 12.5 Å². The molecule has 1 unspecified atom stereocenters. The van der Waals surface area contributed by atoms with Gasteiger partial charge in [0.25, 0.3) is 5.91 Å². The monoisotopic (exact) mass is 488 g/mol. The number of benzene rings is 2. The van der Waals surface area contributed by atoms with Crippen LogP contribution in [-0.2, 0) is 16.6 Å². The highest BCUT2D eigenvalue weighted by molar-refractivity contribution is 6.02. The van der Waals surface area contributed by atoms with E-state index in [0.717, 1.165) is 33.1 Å². The largest absolute Gasteiger partial charge is 0.477 e. The zero-order valence-corrected chi connectivity index (χ0v) is 18.2. The molecule has 0 radical (unpaired) electrons. The Bertz CT molecular complexity index is 1260. The number of fused-ring (bicyclic) bond motifs is 3. The second-order valence-corrected chi connectivity index (χ2v) is 7.77. The number of aryl methyl sites for hydroxylation is 1. The predicted molar refractivity (Wildman–Crippen MR) is 117 cm³/mol. The first-order valence-corrected chi connectivity index (χ1v) is 10.3. The molecule has 2 aromatic carbocycles. The molecule has 1 atom stereocenters. The number of alkyl halides is 3. The van der Waals surface area contributed by atoms with Crippen LogP contribution in [0.25, 0.3) is 11.1 Å². The van der Waals surface area contributed by atoms with Gasteiger partial charge in [0.05, 0.1) is 6.20 Å². The molecule has 182 valence electrons. The molecule has 3 aromatic rings. The number of halogens is 3. The lowest BCUT2D eigenvalue weighted by Crippen LogP contribution is -2.53. The number of alkyl carbamates (subject to hydrolysis) is 1. The van der Waals surface area contributed by atoms with Crippen molar-refractivity contribution in [3.63, 3.8) is 0 Å². The Hall–Kier alpha value is -4.35. The third kappa shape index (κ3) is 4.67. The lowest BCUT2D eigenvalue weighted by Gasteiger charge is -2.21. The minimum absolute atomic E-state index is 0.253. The van der Waals surface area contributed by atoms with Gasteiger partial charge in [-0.15, -0.1) is 0 Å². The van der Waals surface area contributed by atoms with E-state index in [2.05, 4.69) is 5.10 Å². The molecule has 0 fully saturated rings. The number of amides is 2. The third-order valence-corrected chi connectivity index (χ3v) is 5.61. The molecule has 1 aromatic heterocycles. The summed E-state index contributed by atoms with van der Waals surface area (Å²) in [6.45, 7) is -0.253. The lowest BCUT2D eigenvalue weighted by atomic mass is 9.98. The second kappa shape index (κ2) is 9.12. The number of carboxylic acids is 1. The van der Waals surface area contributed by atoms with Crippen LogP contribution in [0.4, 0.5) is 23.8 Å². The number of aromatic nitrogens is 2. The van der Waals surface area contributed by atoms with Crippen LogP contribution < -0.4 is 10.6 Å². The Morgan fingerprint density at radius 2 is 1.66 bits per heavy atom. The maximum atomic E-state index is 13.6. The summed E-state index contributed by atoms with van der Waals surface area (Å²) in [5, 5.41) is 16.1. The van der Waals surface area contributed by atoms with E-state index in [0.29, 0.717) is 0 Å². The molecule has 0 saturated carbocycles. The van der Waals surface area contributed by atoms with Crippen molar-refractivity contribution in [3.8, 4) is 11.1 Å². The fourth-order valence-corrected chi connectivity index (χ4v) is 3.99. The molecule has 3 N–H and O–H groups in total. The normalized spacial score (nSPS) is 13.5. The highest BCUT2D eigenvalue weighted by Gasteiger charge is 2.47. The Morgan fingerprint density at radius 3 is 2.20 bits per heavy atom. The van der Waals surface area contributed by atoms with Crippen LogP contribution in [0.15, 0.2) is 54.7 Å². The molecule has 4 rings (SSSR count). The number of hydrogen-bond acceptors (Lipinski definition) is 5. The van der Waals surface area contributed by atoms with Crippen molar-refractivity contribution in [2.24, 2.45) is 7.05 Å². The van der Waals surface area contributed by atoms with Crippen molar-refractivity contribution in [1.82, 2.24) is 15.1 Å². The molecule has 1 aliphatic rings.